The van der Waals surface area contributed by atoms with Gasteiger partial charge in [0.05, 0.1) is 6.10 Å². The molecule has 0 aliphatic rings. The lowest BCUT2D eigenvalue weighted by Crippen LogP contribution is -2.21. The average molecular weight is 185 g/mol. The highest BCUT2D eigenvalue weighted by atomic mass is 16.5. The molecule has 2 nitrogen and oxygen atoms in total. The van der Waals surface area contributed by atoms with Gasteiger partial charge in [-0.05, 0) is 39.5 Å². The van der Waals surface area contributed by atoms with E-state index in [0.717, 1.165) is 25.7 Å². The third kappa shape index (κ3) is 8.00. The molecule has 0 saturated heterocycles. The van der Waals surface area contributed by atoms with Crippen LogP contribution in [-0.4, -0.2) is 19.3 Å². The first-order valence-electron chi connectivity index (χ1n) is 4.99. The Labute approximate surface area is 82.2 Å². The predicted octanol–water partition coefficient (Wildman–Crippen LogP) is 2.49. The summed E-state index contributed by atoms with van der Waals surface area (Å²) < 4.78 is 5.15. The molecule has 0 aromatic carbocycles. The van der Waals surface area contributed by atoms with Crippen LogP contribution in [0.2, 0.25) is 0 Å². The smallest absolute Gasteiger partial charge is 0.0543 e. The Hall–Kier alpha value is -0.340. The highest BCUT2D eigenvalue weighted by Crippen LogP contribution is 2.09. The quantitative estimate of drug-likeness (QED) is 0.618. The van der Waals surface area contributed by atoms with E-state index in [0.29, 0.717) is 12.1 Å². The number of methoxy groups -OCH3 is 1. The van der Waals surface area contributed by atoms with Gasteiger partial charge in [-0.2, -0.15) is 0 Å². The van der Waals surface area contributed by atoms with E-state index < -0.39 is 0 Å². The van der Waals surface area contributed by atoms with Gasteiger partial charge in [0.15, 0.2) is 0 Å². The predicted molar refractivity (Wildman–Crippen MR) is 57.7 cm³/mol. The number of hydrogen-bond acceptors (Lipinski definition) is 2. The zero-order valence-corrected chi connectivity index (χ0v) is 9.18. The van der Waals surface area contributed by atoms with Gasteiger partial charge >= 0.3 is 0 Å². The van der Waals surface area contributed by atoms with Crippen molar-refractivity contribution in [3.63, 3.8) is 0 Å². The van der Waals surface area contributed by atoms with Crippen molar-refractivity contribution in [3.8, 4) is 0 Å². The normalized spacial score (nSPS) is 15.4. The Balaban J connectivity index is 3.39. The molecular weight excluding hydrogens is 162 g/mol. The lowest BCUT2D eigenvalue weighted by molar-refractivity contribution is 0.107. The second-order valence-electron chi connectivity index (χ2n) is 3.88. The van der Waals surface area contributed by atoms with Crippen molar-refractivity contribution in [2.45, 2.75) is 51.7 Å². The summed E-state index contributed by atoms with van der Waals surface area (Å²) >= 11 is 0. The zero-order chi connectivity index (χ0) is 10.3. The number of ether oxygens (including phenoxy) is 1. The minimum atomic E-state index is 0.300. The standard InChI is InChI=1S/C11H23NO/c1-9(2)5-7-11(12)8-6-10(3)13-4/h10-11H,1,5-8,12H2,2-4H3. The van der Waals surface area contributed by atoms with Crippen molar-refractivity contribution < 1.29 is 4.74 Å². The van der Waals surface area contributed by atoms with Gasteiger partial charge in [-0.15, -0.1) is 6.58 Å². The third-order valence-electron chi connectivity index (χ3n) is 2.29. The summed E-state index contributed by atoms with van der Waals surface area (Å²) in [4.78, 5) is 0. The van der Waals surface area contributed by atoms with Crippen LogP contribution in [0.25, 0.3) is 0 Å². The third-order valence-corrected chi connectivity index (χ3v) is 2.29. The van der Waals surface area contributed by atoms with Gasteiger partial charge < -0.3 is 10.5 Å². The van der Waals surface area contributed by atoms with Crippen LogP contribution < -0.4 is 5.73 Å². The molecule has 2 N–H and O–H groups in total. The molecule has 0 amide bonds. The van der Waals surface area contributed by atoms with Crippen LogP contribution in [0.4, 0.5) is 0 Å². The first kappa shape index (κ1) is 12.7. The second kappa shape index (κ2) is 7.10. The molecule has 0 aromatic heterocycles. The first-order valence-corrected chi connectivity index (χ1v) is 4.99. The minimum absolute atomic E-state index is 0.300. The Morgan fingerprint density at radius 1 is 1.38 bits per heavy atom. The molecular formula is C11H23NO. The second-order valence-corrected chi connectivity index (χ2v) is 3.88. The lowest BCUT2D eigenvalue weighted by atomic mass is 10.0. The van der Waals surface area contributed by atoms with Gasteiger partial charge in [0.2, 0.25) is 0 Å². The summed E-state index contributed by atoms with van der Waals surface area (Å²) in [6, 6.07) is 0.300. The summed E-state index contributed by atoms with van der Waals surface area (Å²) in [6.45, 7) is 7.98. The minimum Gasteiger partial charge on any atom is -0.382 e. The van der Waals surface area contributed by atoms with Gasteiger partial charge in [0.1, 0.15) is 0 Å². The number of hydrogen-bond donors (Lipinski definition) is 1. The van der Waals surface area contributed by atoms with Crippen molar-refractivity contribution in [1.82, 2.24) is 0 Å². The summed E-state index contributed by atoms with van der Waals surface area (Å²) in [6.07, 6.45) is 4.51. The van der Waals surface area contributed by atoms with Crippen LogP contribution in [-0.2, 0) is 4.74 Å². The van der Waals surface area contributed by atoms with E-state index in [9.17, 15) is 0 Å². The molecule has 13 heavy (non-hydrogen) atoms. The molecule has 0 aromatic rings. The number of allylic oxidation sites excluding steroid dienone is 1. The maximum atomic E-state index is 5.93. The van der Waals surface area contributed by atoms with Gasteiger partial charge in [-0.25, -0.2) is 0 Å². The van der Waals surface area contributed by atoms with E-state index in [1.54, 1.807) is 7.11 Å². The number of nitrogens with two attached hydrogens (primary N) is 1. The van der Waals surface area contributed by atoms with Crippen molar-refractivity contribution >= 4 is 0 Å². The van der Waals surface area contributed by atoms with Crippen LogP contribution in [0.15, 0.2) is 12.2 Å². The van der Waals surface area contributed by atoms with Crippen molar-refractivity contribution in [2.75, 3.05) is 7.11 Å². The molecule has 78 valence electrons. The van der Waals surface area contributed by atoms with Crippen molar-refractivity contribution in [1.29, 1.82) is 0 Å². The molecule has 0 rings (SSSR count). The molecule has 0 bridgehead atoms. The summed E-state index contributed by atoms with van der Waals surface area (Å²) in [5.74, 6) is 0. The molecule has 0 radical (unpaired) electrons. The molecule has 0 heterocycles. The SMILES string of the molecule is C=C(C)CCC(N)CCC(C)OC. The molecule has 2 unspecified atom stereocenters. The first-order chi connectivity index (χ1) is 6.06. The van der Waals surface area contributed by atoms with Crippen LogP contribution in [0.3, 0.4) is 0 Å². The monoisotopic (exact) mass is 185 g/mol. The molecule has 0 spiro atoms. The van der Waals surface area contributed by atoms with Crippen LogP contribution >= 0.6 is 0 Å². The Morgan fingerprint density at radius 2 is 2.00 bits per heavy atom. The fourth-order valence-electron chi connectivity index (χ4n) is 1.14. The highest BCUT2D eigenvalue weighted by Gasteiger charge is 2.05. The Morgan fingerprint density at radius 3 is 2.46 bits per heavy atom. The fraction of sp³-hybridized carbons (Fsp3) is 0.818. The summed E-state index contributed by atoms with van der Waals surface area (Å²) in [5, 5.41) is 0. The number of rotatable bonds is 7. The largest absolute Gasteiger partial charge is 0.382 e. The van der Waals surface area contributed by atoms with Crippen molar-refractivity contribution in [2.24, 2.45) is 5.73 Å². The van der Waals surface area contributed by atoms with Crippen LogP contribution in [0, 0.1) is 0 Å². The van der Waals surface area contributed by atoms with E-state index in [2.05, 4.69) is 13.5 Å². The van der Waals surface area contributed by atoms with E-state index in [-0.39, 0.29) is 0 Å². The summed E-state index contributed by atoms with van der Waals surface area (Å²) in [5.41, 5.74) is 7.15. The van der Waals surface area contributed by atoms with E-state index in [1.807, 2.05) is 6.92 Å². The van der Waals surface area contributed by atoms with Gasteiger partial charge in [-0.1, -0.05) is 5.57 Å². The molecule has 0 aliphatic carbocycles. The molecule has 2 heteroatoms. The molecule has 0 fully saturated rings. The summed E-state index contributed by atoms with van der Waals surface area (Å²) in [7, 11) is 1.74. The Kier molecular flexibility index (Phi) is 6.92. The Bertz CT molecular complexity index is 145. The maximum absolute atomic E-state index is 5.93. The van der Waals surface area contributed by atoms with Gasteiger partial charge in [0, 0.05) is 13.2 Å². The van der Waals surface area contributed by atoms with Crippen LogP contribution in [0.1, 0.15) is 39.5 Å². The van der Waals surface area contributed by atoms with Gasteiger partial charge in [-0.3, -0.25) is 0 Å². The average Bonchev–Trinajstić information content (AvgIpc) is 2.10. The molecule has 0 aliphatic heterocycles. The molecule has 0 saturated carbocycles. The van der Waals surface area contributed by atoms with E-state index in [4.69, 9.17) is 10.5 Å². The topological polar surface area (TPSA) is 35.2 Å². The van der Waals surface area contributed by atoms with E-state index >= 15 is 0 Å². The van der Waals surface area contributed by atoms with Crippen molar-refractivity contribution in [3.05, 3.63) is 12.2 Å². The lowest BCUT2D eigenvalue weighted by Gasteiger charge is -2.14. The zero-order valence-electron chi connectivity index (χ0n) is 9.18. The van der Waals surface area contributed by atoms with Crippen LogP contribution in [0.5, 0.6) is 0 Å². The fourth-order valence-corrected chi connectivity index (χ4v) is 1.14. The van der Waals surface area contributed by atoms with Gasteiger partial charge in [0.25, 0.3) is 0 Å². The molecule has 2 atom stereocenters. The highest BCUT2D eigenvalue weighted by molar-refractivity contribution is 4.88. The van der Waals surface area contributed by atoms with E-state index in [1.165, 1.54) is 5.57 Å². The maximum Gasteiger partial charge on any atom is 0.0543 e.